The van der Waals surface area contributed by atoms with E-state index in [1.54, 1.807) is 23.9 Å². The van der Waals surface area contributed by atoms with Gasteiger partial charge in [0, 0.05) is 18.7 Å². The highest BCUT2D eigenvalue weighted by molar-refractivity contribution is 5.32. The standard InChI is InChI=1S/C14H17FN4O2/c1-20-8-3-4-9(10(15)7-8)11-5-6-12(21-2)13-17-14(16)18-19(11)13/h3-4,7,11-12H,5-6H2,1-2H3,(H2,16,18). The number of nitrogens with zero attached hydrogens (tertiary/aromatic N) is 3. The van der Waals surface area contributed by atoms with Crippen molar-refractivity contribution in [2.24, 2.45) is 0 Å². The van der Waals surface area contributed by atoms with Gasteiger partial charge >= 0.3 is 0 Å². The van der Waals surface area contributed by atoms with Crippen molar-refractivity contribution in [2.75, 3.05) is 20.0 Å². The summed E-state index contributed by atoms with van der Waals surface area (Å²) in [6.07, 6.45) is 1.29. The number of fused-ring (bicyclic) bond motifs is 1. The Morgan fingerprint density at radius 3 is 2.81 bits per heavy atom. The summed E-state index contributed by atoms with van der Waals surface area (Å²) in [4.78, 5) is 4.20. The van der Waals surface area contributed by atoms with Gasteiger partial charge in [0.2, 0.25) is 5.95 Å². The summed E-state index contributed by atoms with van der Waals surface area (Å²) in [6.45, 7) is 0. The molecule has 0 spiro atoms. The summed E-state index contributed by atoms with van der Waals surface area (Å²) in [6, 6.07) is 4.59. The summed E-state index contributed by atoms with van der Waals surface area (Å²) in [5.41, 5.74) is 6.24. The van der Waals surface area contributed by atoms with Gasteiger partial charge in [-0.3, -0.25) is 0 Å². The van der Waals surface area contributed by atoms with Crippen LogP contribution in [0.5, 0.6) is 5.75 Å². The van der Waals surface area contributed by atoms with Crippen molar-refractivity contribution in [1.29, 1.82) is 0 Å². The lowest BCUT2D eigenvalue weighted by atomic mass is 9.96. The Balaban J connectivity index is 2.03. The van der Waals surface area contributed by atoms with Crippen LogP contribution >= 0.6 is 0 Å². The fourth-order valence-electron chi connectivity index (χ4n) is 2.78. The van der Waals surface area contributed by atoms with Crippen molar-refractivity contribution in [3.05, 3.63) is 35.4 Å². The third kappa shape index (κ3) is 2.33. The highest BCUT2D eigenvalue weighted by atomic mass is 19.1. The molecule has 1 aliphatic rings. The van der Waals surface area contributed by atoms with Crippen LogP contribution in [-0.4, -0.2) is 29.0 Å². The first kappa shape index (κ1) is 13.8. The monoisotopic (exact) mass is 292 g/mol. The molecular formula is C14H17FN4O2. The number of nitrogens with two attached hydrogens (primary N) is 1. The zero-order valence-corrected chi connectivity index (χ0v) is 11.9. The molecule has 0 aliphatic carbocycles. The molecule has 1 aromatic carbocycles. The quantitative estimate of drug-likeness (QED) is 0.937. The summed E-state index contributed by atoms with van der Waals surface area (Å²) in [5, 5.41) is 4.20. The lowest BCUT2D eigenvalue weighted by molar-refractivity contribution is 0.0645. The maximum atomic E-state index is 14.3. The smallest absolute Gasteiger partial charge is 0.239 e. The van der Waals surface area contributed by atoms with Gasteiger partial charge in [0.15, 0.2) is 5.82 Å². The van der Waals surface area contributed by atoms with Crippen LogP contribution in [0.1, 0.15) is 36.4 Å². The first-order valence-corrected chi connectivity index (χ1v) is 6.72. The van der Waals surface area contributed by atoms with Crippen LogP contribution in [0.3, 0.4) is 0 Å². The number of hydrogen-bond donors (Lipinski definition) is 1. The highest BCUT2D eigenvalue weighted by Crippen LogP contribution is 2.37. The number of methoxy groups -OCH3 is 2. The summed E-state index contributed by atoms with van der Waals surface area (Å²) in [5.74, 6) is 0.977. The van der Waals surface area contributed by atoms with Crippen molar-refractivity contribution in [3.8, 4) is 5.75 Å². The third-order valence-electron chi connectivity index (χ3n) is 3.81. The molecule has 1 aliphatic heterocycles. The molecule has 7 heteroatoms. The van der Waals surface area contributed by atoms with Gasteiger partial charge in [-0.2, -0.15) is 4.98 Å². The molecule has 0 amide bonds. The van der Waals surface area contributed by atoms with E-state index in [9.17, 15) is 4.39 Å². The van der Waals surface area contributed by atoms with E-state index in [0.29, 0.717) is 23.6 Å². The average molecular weight is 292 g/mol. The van der Waals surface area contributed by atoms with Gasteiger partial charge in [-0.05, 0) is 18.9 Å². The molecule has 0 saturated heterocycles. The number of hydrogen-bond acceptors (Lipinski definition) is 5. The van der Waals surface area contributed by atoms with Gasteiger partial charge in [0.25, 0.3) is 0 Å². The fourth-order valence-corrected chi connectivity index (χ4v) is 2.78. The normalized spacial score (nSPS) is 21.1. The molecule has 0 radical (unpaired) electrons. The summed E-state index contributed by atoms with van der Waals surface area (Å²) in [7, 11) is 3.13. The molecule has 2 aromatic rings. The van der Waals surface area contributed by atoms with Gasteiger partial charge in [-0.1, -0.05) is 6.07 Å². The number of nitrogen functional groups attached to an aromatic ring is 1. The van der Waals surface area contributed by atoms with Gasteiger partial charge < -0.3 is 15.2 Å². The van der Waals surface area contributed by atoms with E-state index >= 15 is 0 Å². The molecule has 0 saturated carbocycles. The Morgan fingerprint density at radius 2 is 2.14 bits per heavy atom. The Morgan fingerprint density at radius 1 is 1.33 bits per heavy atom. The zero-order chi connectivity index (χ0) is 15.0. The SMILES string of the molecule is COc1ccc(C2CCC(OC)c3nc(N)nn32)c(F)c1. The molecule has 0 bridgehead atoms. The Bertz CT molecular complexity index is 658. The van der Waals surface area contributed by atoms with Crippen LogP contribution in [0.2, 0.25) is 0 Å². The van der Waals surface area contributed by atoms with E-state index in [-0.39, 0.29) is 23.9 Å². The number of aromatic nitrogens is 3. The maximum absolute atomic E-state index is 14.3. The summed E-state index contributed by atoms with van der Waals surface area (Å²) < 4.78 is 26.4. The molecule has 6 nitrogen and oxygen atoms in total. The molecule has 112 valence electrons. The van der Waals surface area contributed by atoms with Gasteiger partial charge in [-0.15, -0.1) is 5.10 Å². The zero-order valence-electron chi connectivity index (χ0n) is 11.9. The molecule has 2 atom stereocenters. The largest absolute Gasteiger partial charge is 0.497 e. The van der Waals surface area contributed by atoms with E-state index in [1.165, 1.54) is 13.2 Å². The van der Waals surface area contributed by atoms with Crippen LogP contribution in [0, 0.1) is 5.82 Å². The van der Waals surface area contributed by atoms with Crippen LogP contribution in [0.15, 0.2) is 18.2 Å². The predicted octanol–water partition coefficient (Wildman–Crippen LogP) is 2.08. The second kappa shape index (κ2) is 5.33. The van der Waals surface area contributed by atoms with Crippen LogP contribution in [0.25, 0.3) is 0 Å². The maximum Gasteiger partial charge on any atom is 0.239 e. The molecule has 2 N–H and O–H groups in total. The Labute approximate surface area is 121 Å². The number of ether oxygens (including phenoxy) is 2. The minimum absolute atomic E-state index is 0.160. The van der Waals surface area contributed by atoms with Crippen molar-refractivity contribution in [1.82, 2.24) is 14.8 Å². The van der Waals surface area contributed by atoms with Gasteiger partial charge in [-0.25, -0.2) is 9.07 Å². The van der Waals surface area contributed by atoms with E-state index in [1.807, 2.05) is 0 Å². The lowest BCUT2D eigenvalue weighted by Gasteiger charge is -2.28. The second-order valence-electron chi connectivity index (χ2n) is 4.98. The molecule has 1 aromatic heterocycles. The number of halogens is 1. The molecule has 2 heterocycles. The second-order valence-corrected chi connectivity index (χ2v) is 4.98. The van der Waals surface area contributed by atoms with Gasteiger partial charge in [0.05, 0.1) is 13.2 Å². The highest BCUT2D eigenvalue weighted by Gasteiger charge is 2.32. The number of anilines is 1. The molecule has 0 fully saturated rings. The van der Waals surface area contributed by atoms with Crippen LogP contribution in [0.4, 0.5) is 10.3 Å². The van der Waals surface area contributed by atoms with Crippen molar-refractivity contribution < 1.29 is 13.9 Å². The van der Waals surface area contributed by atoms with Crippen molar-refractivity contribution >= 4 is 5.95 Å². The fraction of sp³-hybridized carbons (Fsp3) is 0.429. The van der Waals surface area contributed by atoms with E-state index < -0.39 is 0 Å². The van der Waals surface area contributed by atoms with E-state index in [4.69, 9.17) is 15.2 Å². The summed E-state index contributed by atoms with van der Waals surface area (Å²) >= 11 is 0. The van der Waals surface area contributed by atoms with Crippen LogP contribution < -0.4 is 10.5 Å². The first-order valence-electron chi connectivity index (χ1n) is 6.72. The van der Waals surface area contributed by atoms with Crippen LogP contribution in [-0.2, 0) is 4.74 Å². The van der Waals surface area contributed by atoms with Gasteiger partial charge in [0.1, 0.15) is 17.7 Å². The Hall–Kier alpha value is -2.15. The number of benzene rings is 1. The first-order chi connectivity index (χ1) is 10.1. The molecule has 3 rings (SSSR count). The van der Waals surface area contributed by atoms with Crippen molar-refractivity contribution in [3.63, 3.8) is 0 Å². The van der Waals surface area contributed by atoms with E-state index in [0.717, 1.165) is 6.42 Å². The number of rotatable bonds is 3. The topological polar surface area (TPSA) is 75.2 Å². The van der Waals surface area contributed by atoms with E-state index in [2.05, 4.69) is 10.1 Å². The predicted molar refractivity (Wildman–Crippen MR) is 74.5 cm³/mol. The lowest BCUT2D eigenvalue weighted by Crippen LogP contribution is -2.25. The minimum atomic E-state index is -0.324. The minimum Gasteiger partial charge on any atom is -0.497 e. The van der Waals surface area contributed by atoms with Crippen molar-refractivity contribution in [2.45, 2.75) is 25.0 Å². The average Bonchev–Trinajstić information content (AvgIpc) is 2.87. The Kier molecular flexibility index (Phi) is 3.50. The molecule has 2 unspecified atom stereocenters. The third-order valence-corrected chi connectivity index (χ3v) is 3.81. The molecular weight excluding hydrogens is 275 g/mol. The molecule has 21 heavy (non-hydrogen) atoms.